The van der Waals surface area contributed by atoms with Crippen LogP contribution in [0.25, 0.3) is 0 Å². The molecular weight excluding hydrogens is 163 g/mol. The molecule has 1 aliphatic heterocycles. The highest BCUT2D eigenvalue weighted by Crippen LogP contribution is 2.21. The average molecular weight is 180 g/mol. The monoisotopic (exact) mass is 180 g/mol. The topological polar surface area (TPSA) is 46.3 Å². The number of piperidine rings is 1. The first-order valence-corrected chi connectivity index (χ1v) is 4.89. The molecule has 1 aliphatic rings. The summed E-state index contributed by atoms with van der Waals surface area (Å²) in [5.74, 6) is 0.384. The van der Waals surface area contributed by atoms with Crippen LogP contribution in [0, 0.1) is 5.92 Å². The second-order valence-corrected chi connectivity index (χ2v) is 3.98. The van der Waals surface area contributed by atoms with Gasteiger partial charge < -0.3 is 10.6 Å². The number of hydrogen-bond donors (Lipinski definition) is 1. The molecule has 1 heterocycles. The van der Waals surface area contributed by atoms with E-state index in [0.717, 1.165) is 32.4 Å². The Labute approximate surface area is 81.1 Å². The molecule has 0 aromatic carbocycles. The number of nitrogens with two attached hydrogens (primary N) is 1. The zero-order valence-corrected chi connectivity index (χ0v) is 8.20. The van der Waals surface area contributed by atoms with Crippen LogP contribution in [0.15, 0.2) is 0 Å². The lowest BCUT2D eigenvalue weighted by Crippen LogP contribution is -2.38. The Morgan fingerprint density at radius 2 is 2.15 bits per heavy atom. The van der Waals surface area contributed by atoms with Gasteiger partial charge in [-0.1, -0.05) is 0 Å². The number of carbonyl (C=O) groups is 1. The lowest BCUT2D eigenvalue weighted by atomic mass is 9.90. The van der Waals surface area contributed by atoms with Crippen molar-refractivity contribution in [3.05, 3.63) is 0 Å². The highest BCUT2D eigenvalue weighted by Gasteiger charge is 2.20. The molecule has 0 aromatic rings. The minimum Gasteiger partial charge on any atom is -0.353 e. The highest BCUT2D eigenvalue weighted by molar-refractivity contribution is 6.56. The van der Waals surface area contributed by atoms with Gasteiger partial charge in [0, 0.05) is 19.1 Å². The average Bonchev–Trinajstić information content (AvgIpc) is 2.04. The van der Waals surface area contributed by atoms with Gasteiger partial charge in [0.15, 0.2) is 5.81 Å². The van der Waals surface area contributed by atoms with Gasteiger partial charge in [0.1, 0.15) is 0 Å². The number of nitrogens with zero attached hydrogens (tertiary/aromatic N) is 1. The van der Waals surface area contributed by atoms with Gasteiger partial charge >= 0.3 is 0 Å². The van der Waals surface area contributed by atoms with Crippen LogP contribution in [0.3, 0.4) is 0 Å². The van der Waals surface area contributed by atoms with Crippen LogP contribution in [-0.4, -0.2) is 37.7 Å². The fourth-order valence-electron chi connectivity index (χ4n) is 1.91. The lowest BCUT2D eigenvalue weighted by Gasteiger charge is -2.32. The van der Waals surface area contributed by atoms with Gasteiger partial charge in [0.2, 0.25) is 7.85 Å². The van der Waals surface area contributed by atoms with Crippen molar-refractivity contribution in [2.45, 2.75) is 32.2 Å². The summed E-state index contributed by atoms with van der Waals surface area (Å²) in [6.45, 7) is 3.62. The van der Waals surface area contributed by atoms with Crippen molar-refractivity contribution in [1.29, 1.82) is 0 Å². The Balaban J connectivity index is 2.26. The molecule has 72 valence electrons. The van der Waals surface area contributed by atoms with Crippen LogP contribution in [0.1, 0.15) is 26.2 Å². The smallest absolute Gasteiger partial charge is 0.200 e. The third kappa shape index (κ3) is 3.39. The third-order valence-electron chi connectivity index (χ3n) is 2.63. The molecule has 0 spiro atoms. The molecule has 2 N–H and O–H groups in total. The fraction of sp³-hybridized carbons (Fsp3) is 0.889. The molecular formula is C9H17BN2O. The Kier molecular flexibility index (Phi) is 3.79. The highest BCUT2D eigenvalue weighted by atomic mass is 16.1. The van der Waals surface area contributed by atoms with Gasteiger partial charge in [-0.15, -0.1) is 0 Å². The van der Waals surface area contributed by atoms with Crippen molar-refractivity contribution in [1.82, 2.24) is 4.90 Å². The lowest BCUT2D eigenvalue weighted by molar-refractivity contribution is 0.186. The molecule has 3 nitrogen and oxygen atoms in total. The molecule has 0 aliphatic carbocycles. The first-order chi connectivity index (χ1) is 6.09. The summed E-state index contributed by atoms with van der Waals surface area (Å²) in [4.78, 5) is 12.5. The zero-order chi connectivity index (χ0) is 9.84. The molecule has 1 unspecified atom stereocenters. The molecule has 1 saturated heterocycles. The van der Waals surface area contributed by atoms with E-state index in [0.29, 0.717) is 5.92 Å². The molecule has 2 radical (unpaired) electrons. The van der Waals surface area contributed by atoms with E-state index in [2.05, 4.69) is 0 Å². The summed E-state index contributed by atoms with van der Waals surface area (Å²) < 4.78 is 0. The van der Waals surface area contributed by atoms with E-state index in [1.807, 2.05) is 6.92 Å². The molecule has 1 rings (SSSR count). The van der Waals surface area contributed by atoms with E-state index in [9.17, 15) is 4.79 Å². The Morgan fingerprint density at radius 3 is 2.54 bits per heavy atom. The van der Waals surface area contributed by atoms with Gasteiger partial charge in [-0.25, -0.2) is 0 Å². The van der Waals surface area contributed by atoms with Gasteiger partial charge in [-0.05, 0) is 32.1 Å². The van der Waals surface area contributed by atoms with E-state index < -0.39 is 0 Å². The summed E-state index contributed by atoms with van der Waals surface area (Å²) in [5, 5.41) is 0. The first-order valence-electron chi connectivity index (χ1n) is 4.89. The predicted molar refractivity (Wildman–Crippen MR) is 53.7 cm³/mol. The van der Waals surface area contributed by atoms with Crippen molar-refractivity contribution >= 4 is 13.7 Å². The summed E-state index contributed by atoms with van der Waals surface area (Å²) in [7, 11) is 5.18. The van der Waals surface area contributed by atoms with Crippen molar-refractivity contribution in [2.24, 2.45) is 11.7 Å². The van der Waals surface area contributed by atoms with Crippen molar-refractivity contribution in [3.8, 4) is 0 Å². The van der Waals surface area contributed by atoms with Gasteiger partial charge in [0.05, 0.1) is 0 Å². The van der Waals surface area contributed by atoms with Gasteiger partial charge in [-0.3, -0.25) is 4.79 Å². The SMILES string of the molecule is [B]C(=O)N1CCC(CC(C)N)CC1. The third-order valence-corrected chi connectivity index (χ3v) is 2.63. The summed E-state index contributed by atoms with van der Waals surface area (Å²) in [6, 6.07) is 0.269. The molecule has 0 bridgehead atoms. The molecule has 13 heavy (non-hydrogen) atoms. The Bertz CT molecular complexity index is 176. The van der Waals surface area contributed by atoms with Crippen LogP contribution in [0.5, 0.6) is 0 Å². The van der Waals surface area contributed by atoms with Crippen molar-refractivity contribution in [2.75, 3.05) is 13.1 Å². The minimum atomic E-state index is -0.292. The molecule has 4 heteroatoms. The van der Waals surface area contributed by atoms with Gasteiger partial charge in [-0.2, -0.15) is 0 Å². The van der Waals surface area contributed by atoms with Crippen molar-refractivity contribution in [3.63, 3.8) is 0 Å². The van der Waals surface area contributed by atoms with E-state index in [4.69, 9.17) is 13.6 Å². The summed E-state index contributed by atoms with van der Waals surface area (Å²) in [5.41, 5.74) is 5.71. The number of amides is 1. The number of hydrogen-bond acceptors (Lipinski definition) is 2. The number of carbonyl (C=O) groups excluding carboxylic acids is 1. The van der Waals surface area contributed by atoms with E-state index in [-0.39, 0.29) is 11.8 Å². The molecule has 0 saturated carbocycles. The van der Waals surface area contributed by atoms with Crippen LogP contribution in [-0.2, 0) is 0 Å². The first kappa shape index (κ1) is 10.6. The van der Waals surface area contributed by atoms with E-state index >= 15 is 0 Å². The van der Waals surface area contributed by atoms with Crippen LogP contribution in [0.4, 0.5) is 4.79 Å². The second kappa shape index (κ2) is 4.65. The van der Waals surface area contributed by atoms with Crippen LogP contribution in [0.2, 0.25) is 0 Å². The number of rotatable bonds is 2. The summed E-state index contributed by atoms with van der Waals surface area (Å²) >= 11 is 0. The summed E-state index contributed by atoms with van der Waals surface area (Å²) in [6.07, 6.45) is 3.15. The maximum atomic E-state index is 10.8. The molecule has 1 amide bonds. The second-order valence-electron chi connectivity index (χ2n) is 3.98. The molecule has 1 fully saturated rings. The zero-order valence-electron chi connectivity index (χ0n) is 8.20. The van der Waals surface area contributed by atoms with Gasteiger partial charge in [0.25, 0.3) is 0 Å². The largest absolute Gasteiger partial charge is 0.353 e. The number of likely N-dealkylation sites (tertiary alicyclic amines) is 1. The maximum Gasteiger partial charge on any atom is 0.200 e. The van der Waals surface area contributed by atoms with Crippen LogP contribution < -0.4 is 5.73 Å². The Hall–Kier alpha value is -0.505. The molecule has 0 aromatic heterocycles. The minimum absolute atomic E-state index is 0.269. The maximum absolute atomic E-state index is 10.8. The fourth-order valence-corrected chi connectivity index (χ4v) is 1.91. The van der Waals surface area contributed by atoms with Crippen molar-refractivity contribution < 1.29 is 4.79 Å². The van der Waals surface area contributed by atoms with E-state index in [1.54, 1.807) is 4.90 Å². The van der Waals surface area contributed by atoms with Crippen LogP contribution >= 0.6 is 0 Å². The molecule has 1 atom stereocenters. The Morgan fingerprint density at radius 1 is 1.62 bits per heavy atom. The predicted octanol–water partition coefficient (Wildman–Crippen LogP) is 0.724. The standard InChI is InChI=1S/C9H17BN2O/c1-7(11)6-8-2-4-12(5-3-8)9(10)13/h7-8H,2-6,11H2,1H3. The van der Waals surface area contributed by atoms with E-state index in [1.165, 1.54) is 0 Å². The quantitative estimate of drug-likeness (QED) is 0.636. The normalized spacial score (nSPS) is 21.5.